The fraction of sp³-hybridized carbons (Fsp3) is 0.286. The van der Waals surface area contributed by atoms with Crippen molar-refractivity contribution >= 4 is 16.8 Å². The molecule has 0 saturated carbocycles. The summed E-state index contributed by atoms with van der Waals surface area (Å²) in [4.78, 5) is 27.4. The number of hydrogen-bond acceptors (Lipinski definition) is 7. The van der Waals surface area contributed by atoms with Crippen LogP contribution in [0.4, 0.5) is 0 Å². The van der Waals surface area contributed by atoms with Crippen LogP contribution in [0.1, 0.15) is 53.5 Å². The molecule has 4 heterocycles. The van der Waals surface area contributed by atoms with E-state index in [0.29, 0.717) is 18.7 Å². The SMILES string of the molecule is CC(C)(O)c1nnc(C(=O)N2CCc3[nH]cnc3[C@@H]2c2ccc3ccccc3n2)o1. The van der Waals surface area contributed by atoms with Crippen LogP contribution in [0.2, 0.25) is 0 Å². The number of para-hydroxylation sites is 1. The normalized spacial score (nSPS) is 16.6. The van der Waals surface area contributed by atoms with Crippen LogP contribution in [0, 0.1) is 0 Å². The Balaban J connectivity index is 1.58. The van der Waals surface area contributed by atoms with E-state index >= 15 is 0 Å². The molecule has 1 aromatic carbocycles. The Labute approximate surface area is 171 Å². The van der Waals surface area contributed by atoms with Crippen LogP contribution in [0.5, 0.6) is 0 Å². The molecule has 3 aromatic heterocycles. The summed E-state index contributed by atoms with van der Waals surface area (Å²) >= 11 is 0. The Morgan fingerprint density at radius 2 is 2.07 bits per heavy atom. The zero-order valence-electron chi connectivity index (χ0n) is 16.5. The first kappa shape index (κ1) is 18.4. The van der Waals surface area contributed by atoms with Gasteiger partial charge in [0.1, 0.15) is 11.6 Å². The predicted molar refractivity (Wildman–Crippen MR) is 106 cm³/mol. The quantitative estimate of drug-likeness (QED) is 0.538. The van der Waals surface area contributed by atoms with E-state index < -0.39 is 17.6 Å². The van der Waals surface area contributed by atoms with Crippen LogP contribution in [0.15, 0.2) is 47.1 Å². The van der Waals surface area contributed by atoms with Crippen molar-refractivity contribution in [3.8, 4) is 0 Å². The lowest BCUT2D eigenvalue weighted by Crippen LogP contribution is -2.41. The Hall–Kier alpha value is -3.59. The average Bonchev–Trinajstić information content (AvgIpc) is 3.41. The summed E-state index contributed by atoms with van der Waals surface area (Å²) in [6, 6.07) is 11.2. The molecule has 0 saturated heterocycles. The van der Waals surface area contributed by atoms with Crippen LogP contribution in [-0.4, -0.2) is 47.6 Å². The summed E-state index contributed by atoms with van der Waals surface area (Å²) < 4.78 is 5.47. The molecule has 0 aliphatic carbocycles. The van der Waals surface area contributed by atoms with E-state index in [0.717, 1.165) is 22.3 Å². The van der Waals surface area contributed by atoms with Crippen molar-refractivity contribution in [3.63, 3.8) is 0 Å². The van der Waals surface area contributed by atoms with Crippen molar-refractivity contribution in [2.24, 2.45) is 0 Å². The van der Waals surface area contributed by atoms with Gasteiger partial charge in [-0.3, -0.25) is 9.78 Å². The number of rotatable bonds is 3. The average molecular weight is 404 g/mol. The third kappa shape index (κ3) is 3.03. The molecule has 9 nitrogen and oxygen atoms in total. The molecule has 1 atom stereocenters. The fourth-order valence-corrected chi connectivity index (χ4v) is 3.71. The van der Waals surface area contributed by atoms with Gasteiger partial charge in [-0.1, -0.05) is 24.3 Å². The molecule has 0 fully saturated rings. The number of nitrogens with one attached hydrogen (secondary N) is 1. The Bertz CT molecular complexity index is 1240. The molecule has 2 N–H and O–H groups in total. The van der Waals surface area contributed by atoms with Gasteiger partial charge in [0.25, 0.3) is 0 Å². The van der Waals surface area contributed by atoms with Crippen LogP contribution < -0.4 is 0 Å². The Kier molecular flexibility index (Phi) is 4.14. The van der Waals surface area contributed by atoms with Gasteiger partial charge in [-0.05, 0) is 26.0 Å². The van der Waals surface area contributed by atoms with Crippen molar-refractivity contribution in [3.05, 3.63) is 71.6 Å². The number of pyridine rings is 1. The van der Waals surface area contributed by atoms with E-state index in [1.165, 1.54) is 13.8 Å². The molecule has 30 heavy (non-hydrogen) atoms. The van der Waals surface area contributed by atoms with Crippen molar-refractivity contribution in [1.82, 2.24) is 30.0 Å². The first-order chi connectivity index (χ1) is 14.4. The third-order valence-electron chi connectivity index (χ3n) is 5.22. The number of benzene rings is 1. The molecule has 152 valence electrons. The molecule has 0 spiro atoms. The molecule has 0 bridgehead atoms. The van der Waals surface area contributed by atoms with Crippen LogP contribution in [0.3, 0.4) is 0 Å². The lowest BCUT2D eigenvalue weighted by molar-refractivity contribution is 0.0440. The topological polar surface area (TPSA) is 121 Å². The second-order valence-corrected chi connectivity index (χ2v) is 7.82. The predicted octanol–water partition coefficient (Wildman–Crippen LogP) is 2.36. The molecular formula is C21H20N6O3. The minimum Gasteiger partial charge on any atom is -0.414 e. The van der Waals surface area contributed by atoms with Crippen molar-refractivity contribution < 1.29 is 14.3 Å². The lowest BCUT2D eigenvalue weighted by Gasteiger charge is -2.33. The number of hydrogen-bond donors (Lipinski definition) is 2. The smallest absolute Gasteiger partial charge is 0.312 e. The number of aromatic amines is 1. The zero-order chi connectivity index (χ0) is 20.9. The van der Waals surface area contributed by atoms with Crippen LogP contribution in [-0.2, 0) is 12.0 Å². The lowest BCUT2D eigenvalue weighted by atomic mass is 9.98. The largest absolute Gasteiger partial charge is 0.414 e. The summed E-state index contributed by atoms with van der Waals surface area (Å²) in [6.07, 6.45) is 2.25. The van der Waals surface area contributed by atoms with Crippen LogP contribution in [0.25, 0.3) is 10.9 Å². The maximum absolute atomic E-state index is 13.3. The summed E-state index contributed by atoms with van der Waals surface area (Å²) in [7, 11) is 0. The number of nitrogens with zero attached hydrogens (tertiary/aromatic N) is 5. The zero-order valence-corrected chi connectivity index (χ0v) is 16.5. The van der Waals surface area contributed by atoms with Gasteiger partial charge in [0, 0.05) is 24.0 Å². The van der Waals surface area contributed by atoms with Gasteiger partial charge in [0.15, 0.2) is 0 Å². The maximum Gasteiger partial charge on any atom is 0.312 e. The number of H-pyrrole nitrogens is 1. The molecule has 4 aromatic rings. The minimum absolute atomic E-state index is 0.0105. The maximum atomic E-state index is 13.3. The molecule has 0 unspecified atom stereocenters. The number of fused-ring (bicyclic) bond motifs is 2. The second kappa shape index (κ2) is 6.74. The number of aliphatic hydroxyl groups is 1. The highest BCUT2D eigenvalue weighted by molar-refractivity contribution is 5.90. The Morgan fingerprint density at radius 3 is 2.87 bits per heavy atom. The molecule has 5 rings (SSSR count). The highest BCUT2D eigenvalue weighted by Crippen LogP contribution is 2.34. The van der Waals surface area contributed by atoms with Gasteiger partial charge < -0.3 is 19.4 Å². The minimum atomic E-state index is -1.33. The summed E-state index contributed by atoms with van der Waals surface area (Å²) in [5, 5.41) is 18.8. The molecule has 1 amide bonds. The number of carbonyl (C=O) groups is 1. The molecule has 0 radical (unpaired) electrons. The van der Waals surface area contributed by atoms with E-state index in [1.54, 1.807) is 11.2 Å². The van der Waals surface area contributed by atoms with E-state index in [-0.39, 0.29) is 11.8 Å². The van der Waals surface area contributed by atoms with E-state index in [1.807, 2.05) is 36.4 Å². The van der Waals surface area contributed by atoms with Gasteiger partial charge in [-0.25, -0.2) is 4.98 Å². The standard InChI is InChI=1S/C21H20N6O3/c1-21(2,29)20-26-25-18(30-20)19(28)27-10-9-14-16(23-11-22-14)17(27)15-8-7-12-5-3-4-6-13(12)24-15/h3-8,11,17,29H,9-10H2,1-2H3,(H,22,23)/t17-/m0/s1. The van der Waals surface area contributed by atoms with Crippen molar-refractivity contribution in [2.45, 2.75) is 31.9 Å². The van der Waals surface area contributed by atoms with E-state index in [4.69, 9.17) is 9.40 Å². The molecule has 1 aliphatic rings. The highest BCUT2D eigenvalue weighted by atomic mass is 16.4. The number of amides is 1. The summed E-state index contributed by atoms with van der Waals surface area (Å²) in [6.45, 7) is 3.48. The summed E-state index contributed by atoms with van der Waals surface area (Å²) in [5.74, 6) is -0.604. The van der Waals surface area contributed by atoms with Crippen molar-refractivity contribution in [2.75, 3.05) is 6.54 Å². The molecule has 9 heteroatoms. The van der Waals surface area contributed by atoms with E-state index in [9.17, 15) is 9.90 Å². The van der Waals surface area contributed by atoms with Gasteiger partial charge in [-0.2, -0.15) is 0 Å². The van der Waals surface area contributed by atoms with E-state index in [2.05, 4.69) is 20.2 Å². The number of imidazole rings is 1. The van der Waals surface area contributed by atoms with Gasteiger partial charge in [-0.15, -0.1) is 10.2 Å². The molecule has 1 aliphatic heterocycles. The first-order valence-corrected chi connectivity index (χ1v) is 9.67. The number of carbonyl (C=O) groups excluding carboxylic acids is 1. The third-order valence-corrected chi connectivity index (χ3v) is 5.22. The first-order valence-electron chi connectivity index (χ1n) is 9.67. The highest BCUT2D eigenvalue weighted by Gasteiger charge is 2.38. The fourth-order valence-electron chi connectivity index (χ4n) is 3.71. The van der Waals surface area contributed by atoms with Gasteiger partial charge in [0.2, 0.25) is 5.89 Å². The van der Waals surface area contributed by atoms with Crippen LogP contribution >= 0.6 is 0 Å². The van der Waals surface area contributed by atoms with Crippen molar-refractivity contribution in [1.29, 1.82) is 0 Å². The van der Waals surface area contributed by atoms with Gasteiger partial charge >= 0.3 is 11.8 Å². The Morgan fingerprint density at radius 1 is 1.23 bits per heavy atom. The second-order valence-electron chi connectivity index (χ2n) is 7.82. The van der Waals surface area contributed by atoms with Gasteiger partial charge in [0.05, 0.1) is 23.2 Å². The molecular weight excluding hydrogens is 384 g/mol. The summed E-state index contributed by atoms with van der Waals surface area (Å²) in [5.41, 5.74) is 1.94. The number of aromatic nitrogens is 5. The monoisotopic (exact) mass is 404 g/mol.